The molecule has 19 heavy (non-hydrogen) atoms. The van der Waals surface area contributed by atoms with E-state index < -0.39 is 6.43 Å². The summed E-state index contributed by atoms with van der Waals surface area (Å²) in [5.74, 6) is 0.608. The van der Waals surface area contributed by atoms with Crippen LogP contribution in [-0.4, -0.2) is 30.0 Å². The van der Waals surface area contributed by atoms with E-state index in [0.717, 1.165) is 37.9 Å². The molecule has 0 aliphatic carbocycles. The molecule has 0 rings (SSSR count). The van der Waals surface area contributed by atoms with Crippen LogP contribution in [0.15, 0.2) is 0 Å². The Kier molecular flexibility index (Phi) is 12.5. The van der Waals surface area contributed by atoms with Gasteiger partial charge in [-0.15, -0.1) is 11.8 Å². The summed E-state index contributed by atoms with van der Waals surface area (Å²) in [7, 11) is 0. The molecule has 0 aliphatic rings. The summed E-state index contributed by atoms with van der Waals surface area (Å²) in [6, 6.07) is 0. The molecule has 0 aromatic carbocycles. The van der Waals surface area contributed by atoms with Gasteiger partial charge in [-0.05, 0) is 31.4 Å². The third kappa shape index (κ3) is 11.2. The molecule has 0 radical (unpaired) electrons. The monoisotopic (exact) mass is 296 g/mol. The van der Waals surface area contributed by atoms with E-state index in [9.17, 15) is 13.6 Å². The predicted octanol–water partition coefficient (Wildman–Crippen LogP) is 4.67. The van der Waals surface area contributed by atoms with Gasteiger partial charge in [0.15, 0.2) is 0 Å². The van der Waals surface area contributed by atoms with Gasteiger partial charge in [-0.3, -0.25) is 4.79 Å². The molecule has 0 saturated heterocycles. The second-order valence-electron chi connectivity index (χ2n) is 4.56. The molecule has 0 N–H and O–H groups in total. The van der Waals surface area contributed by atoms with Gasteiger partial charge in [-0.25, -0.2) is 8.78 Å². The lowest BCUT2D eigenvalue weighted by molar-refractivity contribution is -0.143. The SMILES string of the molecule is CCCCC(SCCCCC(F)F)C(=O)OCCC. The van der Waals surface area contributed by atoms with E-state index >= 15 is 0 Å². The highest BCUT2D eigenvalue weighted by Gasteiger charge is 2.19. The fourth-order valence-corrected chi connectivity index (χ4v) is 2.77. The maximum Gasteiger partial charge on any atom is 0.319 e. The molecule has 1 atom stereocenters. The minimum absolute atomic E-state index is 0.0412. The average Bonchev–Trinajstić information content (AvgIpc) is 2.38. The zero-order chi connectivity index (χ0) is 14.5. The number of alkyl halides is 2. The second-order valence-corrected chi connectivity index (χ2v) is 5.87. The Labute approximate surface area is 119 Å². The van der Waals surface area contributed by atoms with E-state index in [-0.39, 0.29) is 17.6 Å². The molecule has 0 aromatic heterocycles. The Balaban J connectivity index is 3.88. The highest BCUT2D eigenvalue weighted by molar-refractivity contribution is 8.00. The normalized spacial score (nSPS) is 12.7. The van der Waals surface area contributed by atoms with Crippen molar-refractivity contribution >= 4 is 17.7 Å². The zero-order valence-electron chi connectivity index (χ0n) is 12.0. The number of halogens is 2. The number of hydrogen-bond acceptors (Lipinski definition) is 3. The minimum Gasteiger partial charge on any atom is -0.465 e. The van der Waals surface area contributed by atoms with Gasteiger partial charge in [-0.1, -0.05) is 26.7 Å². The van der Waals surface area contributed by atoms with Gasteiger partial charge in [0.2, 0.25) is 6.43 Å². The van der Waals surface area contributed by atoms with E-state index in [2.05, 4.69) is 6.92 Å². The van der Waals surface area contributed by atoms with E-state index in [4.69, 9.17) is 4.74 Å². The number of rotatable bonds is 12. The van der Waals surface area contributed by atoms with Crippen molar-refractivity contribution < 1.29 is 18.3 Å². The van der Waals surface area contributed by atoms with E-state index in [0.29, 0.717) is 13.0 Å². The Morgan fingerprint density at radius 1 is 1.11 bits per heavy atom. The number of hydrogen-bond donors (Lipinski definition) is 0. The number of ether oxygens (including phenoxy) is 1. The van der Waals surface area contributed by atoms with Crippen LogP contribution in [0.1, 0.15) is 58.8 Å². The highest BCUT2D eigenvalue weighted by Crippen LogP contribution is 2.21. The van der Waals surface area contributed by atoms with E-state index in [1.807, 2.05) is 6.92 Å². The first-order valence-corrected chi connectivity index (χ1v) is 8.23. The summed E-state index contributed by atoms with van der Waals surface area (Å²) in [4.78, 5) is 11.8. The molecule has 114 valence electrons. The lowest BCUT2D eigenvalue weighted by atomic mass is 10.2. The maximum atomic E-state index is 12.0. The van der Waals surface area contributed by atoms with Crippen molar-refractivity contribution in [1.29, 1.82) is 0 Å². The van der Waals surface area contributed by atoms with Gasteiger partial charge in [0.1, 0.15) is 5.25 Å². The minimum atomic E-state index is -2.21. The third-order valence-electron chi connectivity index (χ3n) is 2.67. The fraction of sp³-hybridized carbons (Fsp3) is 0.929. The van der Waals surface area contributed by atoms with Crippen LogP contribution in [0.5, 0.6) is 0 Å². The van der Waals surface area contributed by atoms with Crippen LogP contribution in [0, 0.1) is 0 Å². The first kappa shape index (κ1) is 18.7. The largest absolute Gasteiger partial charge is 0.465 e. The topological polar surface area (TPSA) is 26.3 Å². The number of carbonyl (C=O) groups excluding carboxylic acids is 1. The summed E-state index contributed by atoms with van der Waals surface area (Å²) >= 11 is 1.55. The summed E-state index contributed by atoms with van der Waals surface area (Å²) in [5, 5.41) is -0.127. The number of esters is 1. The molecular formula is C14H26F2O2S. The lowest BCUT2D eigenvalue weighted by Gasteiger charge is -2.15. The molecule has 0 fully saturated rings. The Hall–Kier alpha value is -0.320. The average molecular weight is 296 g/mol. The van der Waals surface area contributed by atoms with Crippen LogP contribution >= 0.6 is 11.8 Å². The number of thioether (sulfide) groups is 1. The quantitative estimate of drug-likeness (QED) is 0.387. The second kappa shape index (κ2) is 12.7. The van der Waals surface area contributed by atoms with E-state index in [1.165, 1.54) is 0 Å². The van der Waals surface area contributed by atoms with Crippen LogP contribution in [0.2, 0.25) is 0 Å². The van der Waals surface area contributed by atoms with Crippen molar-refractivity contribution in [3.05, 3.63) is 0 Å². The van der Waals surface area contributed by atoms with Crippen LogP contribution in [0.4, 0.5) is 8.78 Å². The zero-order valence-corrected chi connectivity index (χ0v) is 12.8. The fourth-order valence-electron chi connectivity index (χ4n) is 1.58. The Morgan fingerprint density at radius 2 is 1.84 bits per heavy atom. The van der Waals surface area contributed by atoms with Crippen molar-refractivity contribution in [3.8, 4) is 0 Å². The lowest BCUT2D eigenvalue weighted by Crippen LogP contribution is -2.21. The molecular weight excluding hydrogens is 270 g/mol. The number of carbonyl (C=O) groups is 1. The maximum absolute atomic E-state index is 12.0. The van der Waals surface area contributed by atoms with Crippen molar-refractivity contribution in [1.82, 2.24) is 0 Å². The van der Waals surface area contributed by atoms with Gasteiger partial charge >= 0.3 is 5.97 Å². The summed E-state index contributed by atoms with van der Waals surface area (Å²) in [6.45, 7) is 4.51. The molecule has 0 aromatic rings. The van der Waals surface area contributed by atoms with Gasteiger partial charge in [-0.2, -0.15) is 0 Å². The molecule has 0 spiro atoms. The van der Waals surface area contributed by atoms with Crippen LogP contribution in [0.25, 0.3) is 0 Å². The van der Waals surface area contributed by atoms with Crippen molar-refractivity contribution in [2.45, 2.75) is 70.5 Å². The standard InChI is InChI=1S/C14H26F2O2S/c1-3-5-8-12(14(17)18-10-4-2)19-11-7-6-9-13(15)16/h12-13H,3-11H2,1-2H3. The van der Waals surface area contributed by atoms with Gasteiger partial charge in [0.05, 0.1) is 6.61 Å². The summed E-state index contributed by atoms with van der Waals surface area (Å²) in [6.07, 6.45) is 2.69. The first-order valence-electron chi connectivity index (χ1n) is 7.18. The molecule has 1 unspecified atom stereocenters. The molecule has 0 amide bonds. The summed E-state index contributed by atoms with van der Waals surface area (Å²) in [5.41, 5.74) is 0. The van der Waals surface area contributed by atoms with Crippen LogP contribution in [0.3, 0.4) is 0 Å². The highest BCUT2D eigenvalue weighted by atomic mass is 32.2. The Bertz CT molecular complexity index is 225. The van der Waals surface area contributed by atoms with Crippen LogP contribution < -0.4 is 0 Å². The van der Waals surface area contributed by atoms with Gasteiger partial charge in [0.25, 0.3) is 0 Å². The molecule has 0 bridgehead atoms. The third-order valence-corrected chi connectivity index (χ3v) is 4.02. The van der Waals surface area contributed by atoms with Crippen molar-refractivity contribution in [2.75, 3.05) is 12.4 Å². The molecule has 0 saturated carbocycles. The first-order chi connectivity index (χ1) is 9.11. The predicted molar refractivity (Wildman–Crippen MR) is 76.9 cm³/mol. The molecule has 0 aliphatic heterocycles. The van der Waals surface area contributed by atoms with Gasteiger partial charge in [0, 0.05) is 6.42 Å². The van der Waals surface area contributed by atoms with E-state index in [1.54, 1.807) is 11.8 Å². The smallest absolute Gasteiger partial charge is 0.319 e. The number of unbranched alkanes of at least 4 members (excludes halogenated alkanes) is 2. The van der Waals surface area contributed by atoms with Crippen LogP contribution in [-0.2, 0) is 9.53 Å². The van der Waals surface area contributed by atoms with Crippen molar-refractivity contribution in [2.24, 2.45) is 0 Å². The molecule has 0 heterocycles. The summed E-state index contributed by atoms with van der Waals surface area (Å²) < 4.78 is 29.1. The Morgan fingerprint density at radius 3 is 2.42 bits per heavy atom. The molecule has 2 nitrogen and oxygen atoms in total. The van der Waals surface area contributed by atoms with Gasteiger partial charge < -0.3 is 4.74 Å². The molecule has 5 heteroatoms. The van der Waals surface area contributed by atoms with Crippen molar-refractivity contribution in [3.63, 3.8) is 0 Å².